The molecule has 1 saturated carbocycles. The zero-order valence-corrected chi connectivity index (χ0v) is 19.5. The van der Waals surface area contributed by atoms with Gasteiger partial charge in [-0.1, -0.05) is 30.3 Å². The Kier molecular flexibility index (Phi) is 5.10. The largest absolute Gasteiger partial charge is 0.333 e. The van der Waals surface area contributed by atoms with Crippen LogP contribution < -0.4 is 0 Å². The van der Waals surface area contributed by atoms with Crippen LogP contribution in [0.3, 0.4) is 0 Å². The highest BCUT2D eigenvalue weighted by Gasteiger charge is 2.60. The molecule has 3 aromatic rings. The molecule has 0 unspecified atom stereocenters. The number of imidazole rings is 1. The van der Waals surface area contributed by atoms with Crippen molar-refractivity contribution in [3.05, 3.63) is 66.2 Å². The summed E-state index contributed by atoms with van der Waals surface area (Å²) in [5.74, 6) is 3.34. The van der Waals surface area contributed by atoms with Crippen LogP contribution in [0.5, 0.6) is 0 Å². The Bertz CT molecular complexity index is 1100. The zero-order valence-electron chi connectivity index (χ0n) is 18.7. The highest BCUT2D eigenvalue weighted by atomic mass is 32.2. The molecule has 0 spiro atoms. The summed E-state index contributed by atoms with van der Waals surface area (Å²) < 4.78 is 2.15. The Morgan fingerprint density at radius 2 is 1.87 bits per heavy atom. The SMILES string of the molecule is CN1C[C@@H]2[C@H](C1)[C@H]2C(=O)N(C)C(C)(C)c1ncc2c(SCc3ccccc3)cccn12. The maximum Gasteiger partial charge on any atom is 0.226 e. The maximum atomic E-state index is 13.3. The molecule has 0 N–H and O–H groups in total. The highest BCUT2D eigenvalue weighted by molar-refractivity contribution is 7.98. The third-order valence-electron chi connectivity index (χ3n) is 7.15. The Morgan fingerprint density at radius 3 is 2.58 bits per heavy atom. The number of piperidine rings is 1. The highest BCUT2D eigenvalue weighted by Crippen LogP contribution is 2.52. The lowest BCUT2D eigenvalue weighted by molar-refractivity contribution is -0.137. The number of thioether (sulfide) groups is 1. The first-order chi connectivity index (χ1) is 14.9. The molecule has 0 radical (unpaired) electrons. The molecular formula is C25H30N4OS. The number of fused-ring (bicyclic) bond motifs is 2. The van der Waals surface area contributed by atoms with Crippen molar-refractivity contribution in [2.24, 2.45) is 17.8 Å². The van der Waals surface area contributed by atoms with Gasteiger partial charge < -0.3 is 14.2 Å². The average molecular weight is 435 g/mol. The third kappa shape index (κ3) is 3.56. The smallest absolute Gasteiger partial charge is 0.226 e. The summed E-state index contributed by atoms with van der Waals surface area (Å²) in [4.78, 5) is 23.6. The lowest BCUT2D eigenvalue weighted by atomic mass is 10.0. The molecule has 1 saturated heterocycles. The topological polar surface area (TPSA) is 40.9 Å². The number of pyridine rings is 1. The predicted octanol–water partition coefficient (Wildman–Crippen LogP) is 4.13. The Hall–Kier alpha value is -2.31. The Labute approximate surface area is 188 Å². The summed E-state index contributed by atoms with van der Waals surface area (Å²) in [5, 5.41) is 0. The van der Waals surface area contributed by atoms with Gasteiger partial charge in [0, 0.05) is 42.9 Å². The number of rotatable bonds is 6. The van der Waals surface area contributed by atoms with Gasteiger partial charge in [0.2, 0.25) is 5.91 Å². The second-order valence-corrected chi connectivity index (χ2v) is 10.5. The number of carbonyl (C=O) groups excluding carboxylic acids is 1. The van der Waals surface area contributed by atoms with E-state index in [-0.39, 0.29) is 11.8 Å². The molecule has 1 aromatic carbocycles. The number of aromatic nitrogens is 2. The summed E-state index contributed by atoms with van der Waals surface area (Å²) in [7, 11) is 4.08. The first kappa shape index (κ1) is 20.6. The van der Waals surface area contributed by atoms with Crippen molar-refractivity contribution in [1.82, 2.24) is 19.2 Å². The molecule has 1 amide bonds. The molecule has 6 heteroatoms. The zero-order chi connectivity index (χ0) is 21.8. The molecule has 0 bridgehead atoms. The number of amides is 1. The van der Waals surface area contributed by atoms with Gasteiger partial charge in [-0.3, -0.25) is 4.79 Å². The fraction of sp³-hybridized carbons (Fsp3) is 0.440. The van der Waals surface area contributed by atoms with Crippen molar-refractivity contribution in [2.75, 3.05) is 27.2 Å². The van der Waals surface area contributed by atoms with Crippen molar-refractivity contribution >= 4 is 23.2 Å². The van der Waals surface area contributed by atoms with Crippen LogP contribution in [0.15, 0.2) is 59.8 Å². The summed E-state index contributed by atoms with van der Waals surface area (Å²) >= 11 is 1.82. The monoisotopic (exact) mass is 434 g/mol. The second-order valence-electron chi connectivity index (χ2n) is 9.51. The number of benzene rings is 1. The lowest BCUT2D eigenvalue weighted by Gasteiger charge is -2.35. The van der Waals surface area contributed by atoms with Crippen LogP contribution in [0.25, 0.3) is 5.52 Å². The van der Waals surface area contributed by atoms with Gasteiger partial charge in [0.15, 0.2) is 0 Å². The van der Waals surface area contributed by atoms with E-state index in [1.54, 1.807) is 0 Å². The molecular weight excluding hydrogens is 404 g/mol. The van der Waals surface area contributed by atoms with E-state index in [0.29, 0.717) is 11.8 Å². The Morgan fingerprint density at radius 1 is 1.16 bits per heavy atom. The molecule has 2 aliphatic rings. The van der Waals surface area contributed by atoms with E-state index in [1.165, 1.54) is 10.5 Å². The molecule has 162 valence electrons. The Balaban J connectivity index is 1.37. The van der Waals surface area contributed by atoms with Crippen LogP contribution >= 0.6 is 11.8 Å². The van der Waals surface area contributed by atoms with Crippen molar-refractivity contribution < 1.29 is 4.79 Å². The van der Waals surface area contributed by atoms with Gasteiger partial charge in [-0.05, 0) is 50.4 Å². The lowest BCUT2D eigenvalue weighted by Crippen LogP contribution is -2.45. The third-order valence-corrected chi connectivity index (χ3v) is 8.28. The second kappa shape index (κ2) is 7.68. The molecule has 1 aliphatic heterocycles. The van der Waals surface area contributed by atoms with Gasteiger partial charge >= 0.3 is 0 Å². The van der Waals surface area contributed by atoms with E-state index < -0.39 is 5.54 Å². The van der Waals surface area contributed by atoms with E-state index in [4.69, 9.17) is 4.98 Å². The molecule has 1 aliphatic carbocycles. The van der Waals surface area contributed by atoms with Gasteiger partial charge in [-0.15, -0.1) is 11.8 Å². The average Bonchev–Trinajstić information content (AvgIpc) is 3.09. The molecule has 5 nitrogen and oxygen atoms in total. The summed E-state index contributed by atoms with van der Waals surface area (Å²) in [6.07, 6.45) is 4.01. The van der Waals surface area contributed by atoms with Crippen LogP contribution in [-0.2, 0) is 16.1 Å². The number of carbonyl (C=O) groups is 1. The number of hydrogen-bond acceptors (Lipinski definition) is 4. The number of nitrogens with zero attached hydrogens (tertiary/aromatic N) is 4. The standard InChI is InChI=1S/C25H30N4OS/c1-25(2,28(4)23(30)22-18-14-27(3)15-19(18)22)24-26-13-20-21(11-8-12-29(20)24)31-16-17-9-6-5-7-10-17/h5-13,18-19,22H,14-16H2,1-4H3/t18-,19+,22+. The van der Waals surface area contributed by atoms with Crippen LogP contribution in [0.2, 0.25) is 0 Å². The summed E-state index contributed by atoms with van der Waals surface area (Å²) in [6, 6.07) is 14.7. The minimum Gasteiger partial charge on any atom is -0.333 e. The van der Waals surface area contributed by atoms with Crippen LogP contribution in [-0.4, -0.2) is 52.3 Å². The molecule has 2 fully saturated rings. The van der Waals surface area contributed by atoms with Crippen LogP contribution in [0.4, 0.5) is 0 Å². The van der Waals surface area contributed by atoms with E-state index in [2.05, 4.69) is 72.8 Å². The van der Waals surface area contributed by atoms with E-state index in [0.717, 1.165) is 30.2 Å². The van der Waals surface area contributed by atoms with Crippen molar-refractivity contribution in [2.45, 2.75) is 30.0 Å². The van der Waals surface area contributed by atoms with Gasteiger partial charge in [0.1, 0.15) is 5.82 Å². The fourth-order valence-electron chi connectivity index (χ4n) is 5.06. The minimum absolute atomic E-state index is 0.184. The van der Waals surface area contributed by atoms with Crippen molar-refractivity contribution in [1.29, 1.82) is 0 Å². The molecule has 5 rings (SSSR count). The van der Waals surface area contributed by atoms with Gasteiger partial charge in [-0.2, -0.15) is 0 Å². The summed E-state index contributed by atoms with van der Waals surface area (Å²) in [6.45, 7) is 6.30. The molecule has 3 heterocycles. The molecule has 2 aromatic heterocycles. The fourth-order valence-corrected chi connectivity index (χ4v) is 6.05. The van der Waals surface area contributed by atoms with E-state index in [9.17, 15) is 4.79 Å². The predicted molar refractivity (Wildman–Crippen MR) is 125 cm³/mol. The van der Waals surface area contributed by atoms with Crippen molar-refractivity contribution in [3.63, 3.8) is 0 Å². The van der Waals surface area contributed by atoms with Gasteiger partial charge in [0.05, 0.1) is 17.3 Å². The van der Waals surface area contributed by atoms with Crippen LogP contribution in [0.1, 0.15) is 25.2 Å². The molecule has 3 atom stereocenters. The first-order valence-electron chi connectivity index (χ1n) is 11.0. The first-order valence-corrected chi connectivity index (χ1v) is 12.0. The summed E-state index contributed by atoms with van der Waals surface area (Å²) in [5.41, 5.74) is 1.91. The van der Waals surface area contributed by atoms with Gasteiger partial charge in [0.25, 0.3) is 0 Å². The maximum absolute atomic E-state index is 13.3. The number of hydrogen-bond donors (Lipinski definition) is 0. The number of likely N-dealkylation sites (tertiary alicyclic amines) is 1. The van der Waals surface area contributed by atoms with Crippen LogP contribution in [0, 0.1) is 17.8 Å². The van der Waals surface area contributed by atoms with Gasteiger partial charge in [-0.25, -0.2) is 4.98 Å². The van der Waals surface area contributed by atoms with E-state index >= 15 is 0 Å². The molecule has 31 heavy (non-hydrogen) atoms. The quantitative estimate of drug-likeness (QED) is 0.547. The minimum atomic E-state index is -0.491. The van der Waals surface area contributed by atoms with Crippen molar-refractivity contribution in [3.8, 4) is 0 Å². The van der Waals surface area contributed by atoms with E-state index in [1.807, 2.05) is 36.0 Å². The normalized spacial score (nSPS) is 23.2.